The number of allylic oxidation sites excluding steroid dienone is 2. The quantitative estimate of drug-likeness (QED) is 0.445. The highest BCUT2D eigenvalue weighted by atomic mass is 16.5. The lowest BCUT2D eigenvalue weighted by molar-refractivity contribution is -0.163. The minimum atomic E-state index is -1.09. The third-order valence-corrected chi connectivity index (χ3v) is 5.29. The van der Waals surface area contributed by atoms with Crippen LogP contribution in [-0.2, 0) is 23.9 Å². The van der Waals surface area contributed by atoms with Crippen LogP contribution in [0.4, 0.5) is 5.69 Å². The summed E-state index contributed by atoms with van der Waals surface area (Å²) in [6.07, 6.45) is 3.65. The molecule has 154 valence electrons. The molecule has 0 unspecified atom stereocenters. The molecule has 1 aliphatic carbocycles. The lowest BCUT2D eigenvalue weighted by Crippen LogP contribution is -2.46. The summed E-state index contributed by atoms with van der Waals surface area (Å²) in [5.74, 6) is -2.22. The van der Waals surface area contributed by atoms with E-state index in [-0.39, 0.29) is 11.8 Å². The molecule has 29 heavy (non-hydrogen) atoms. The fourth-order valence-electron chi connectivity index (χ4n) is 3.56. The van der Waals surface area contributed by atoms with Crippen LogP contribution >= 0.6 is 0 Å². The zero-order chi connectivity index (χ0) is 21.1. The SMILES string of the molecule is COc1ccc(NC(=O)[C@H](C)OC(=O)[C@H](C)N2C(=O)[C@H]3CC=CC[C@H]3C2=O)cc1. The average Bonchev–Trinajstić information content (AvgIpc) is 2.98. The van der Waals surface area contributed by atoms with E-state index < -0.39 is 35.9 Å². The number of nitrogens with zero attached hydrogens (tertiary/aromatic N) is 1. The number of amides is 3. The molecule has 2 aliphatic rings. The van der Waals surface area contributed by atoms with Crippen LogP contribution in [0.2, 0.25) is 0 Å². The van der Waals surface area contributed by atoms with Gasteiger partial charge >= 0.3 is 5.97 Å². The molecule has 0 spiro atoms. The van der Waals surface area contributed by atoms with Gasteiger partial charge in [0.05, 0.1) is 18.9 Å². The molecule has 0 saturated carbocycles. The average molecular weight is 400 g/mol. The number of likely N-dealkylation sites (tertiary alicyclic amines) is 1. The van der Waals surface area contributed by atoms with Crippen LogP contribution in [0.3, 0.4) is 0 Å². The highest BCUT2D eigenvalue weighted by Gasteiger charge is 2.50. The fourth-order valence-corrected chi connectivity index (χ4v) is 3.56. The van der Waals surface area contributed by atoms with Crippen molar-refractivity contribution in [1.29, 1.82) is 0 Å². The van der Waals surface area contributed by atoms with Crippen molar-refractivity contribution in [3.63, 3.8) is 0 Å². The molecule has 0 aromatic heterocycles. The second-order valence-corrected chi connectivity index (χ2v) is 7.18. The van der Waals surface area contributed by atoms with E-state index in [1.807, 2.05) is 12.2 Å². The van der Waals surface area contributed by atoms with Crippen molar-refractivity contribution in [2.45, 2.75) is 38.8 Å². The number of imide groups is 1. The van der Waals surface area contributed by atoms with Gasteiger partial charge in [-0.25, -0.2) is 4.79 Å². The van der Waals surface area contributed by atoms with Gasteiger partial charge in [-0.15, -0.1) is 0 Å². The van der Waals surface area contributed by atoms with E-state index in [2.05, 4.69) is 5.32 Å². The van der Waals surface area contributed by atoms with Crippen LogP contribution in [0, 0.1) is 11.8 Å². The maximum Gasteiger partial charge on any atom is 0.329 e. The first kappa shape index (κ1) is 20.6. The molecule has 8 heteroatoms. The van der Waals surface area contributed by atoms with Gasteiger partial charge in [-0.1, -0.05) is 12.2 Å². The van der Waals surface area contributed by atoms with E-state index in [1.54, 1.807) is 24.3 Å². The molecular weight excluding hydrogens is 376 g/mol. The van der Waals surface area contributed by atoms with Crippen molar-refractivity contribution in [2.24, 2.45) is 11.8 Å². The van der Waals surface area contributed by atoms with Crippen LogP contribution in [0.5, 0.6) is 5.75 Å². The minimum Gasteiger partial charge on any atom is -0.497 e. The first-order chi connectivity index (χ1) is 13.8. The Morgan fingerprint density at radius 2 is 1.59 bits per heavy atom. The monoisotopic (exact) mass is 400 g/mol. The topological polar surface area (TPSA) is 102 Å². The summed E-state index contributed by atoms with van der Waals surface area (Å²) in [4.78, 5) is 51.0. The van der Waals surface area contributed by atoms with Crippen LogP contribution in [0.25, 0.3) is 0 Å². The molecule has 0 bridgehead atoms. The molecule has 1 aliphatic heterocycles. The van der Waals surface area contributed by atoms with Gasteiger partial charge in [0.1, 0.15) is 11.8 Å². The molecular formula is C21H24N2O6. The Morgan fingerprint density at radius 3 is 2.10 bits per heavy atom. The van der Waals surface area contributed by atoms with E-state index in [0.29, 0.717) is 24.3 Å². The van der Waals surface area contributed by atoms with Gasteiger partial charge in [0.2, 0.25) is 11.8 Å². The molecule has 3 rings (SSSR count). The number of carbonyl (C=O) groups excluding carboxylic acids is 4. The van der Waals surface area contributed by atoms with Crippen LogP contribution in [0.1, 0.15) is 26.7 Å². The third kappa shape index (κ3) is 4.16. The van der Waals surface area contributed by atoms with Crippen molar-refractivity contribution < 1.29 is 28.7 Å². The molecule has 1 N–H and O–H groups in total. The maximum absolute atomic E-state index is 12.6. The van der Waals surface area contributed by atoms with Gasteiger partial charge < -0.3 is 14.8 Å². The highest BCUT2D eigenvalue weighted by molar-refractivity contribution is 6.08. The Kier molecular flexibility index (Phi) is 6.00. The summed E-state index contributed by atoms with van der Waals surface area (Å²) >= 11 is 0. The van der Waals surface area contributed by atoms with Crippen LogP contribution in [-0.4, -0.2) is 47.8 Å². The van der Waals surface area contributed by atoms with Crippen LogP contribution < -0.4 is 10.1 Å². The number of nitrogens with one attached hydrogen (secondary N) is 1. The smallest absolute Gasteiger partial charge is 0.329 e. The van der Waals surface area contributed by atoms with E-state index >= 15 is 0 Å². The third-order valence-electron chi connectivity index (χ3n) is 5.29. The second-order valence-electron chi connectivity index (χ2n) is 7.18. The second kappa shape index (κ2) is 8.46. The Morgan fingerprint density at radius 1 is 1.03 bits per heavy atom. The summed E-state index contributed by atoms with van der Waals surface area (Å²) in [7, 11) is 1.54. The van der Waals surface area contributed by atoms with E-state index in [9.17, 15) is 19.2 Å². The first-order valence-corrected chi connectivity index (χ1v) is 9.50. The molecule has 3 amide bonds. The summed E-state index contributed by atoms with van der Waals surface area (Å²) < 4.78 is 10.3. The first-order valence-electron chi connectivity index (χ1n) is 9.50. The number of carbonyl (C=O) groups is 4. The summed E-state index contributed by atoms with van der Waals surface area (Å²) in [5, 5.41) is 2.64. The van der Waals surface area contributed by atoms with Crippen molar-refractivity contribution in [2.75, 3.05) is 12.4 Å². The van der Waals surface area contributed by atoms with E-state index in [0.717, 1.165) is 4.90 Å². The molecule has 4 atom stereocenters. The van der Waals surface area contributed by atoms with E-state index in [4.69, 9.17) is 9.47 Å². The Bertz CT molecular complexity index is 821. The largest absolute Gasteiger partial charge is 0.497 e. The molecule has 1 fully saturated rings. The predicted octanol–water partition coefficient (Wildman–Crippen LogP) is 1.91. The van der Waals surface area contributed by atoms with Gasteiger partial charge in [0.15, 0.2) is 6.10 Å². The Hall–Kier alpha value is -3.16. The number of rotatable bonds is 6. The van der Waals surface area contributed by atoms with Gasteiger partial charge in [-0.3, -0.25) is 19.3 Å². The zero-order valence-corrected chi connectivity index (χ0v) is 16.6. The lowest BCUT2D eigenvalue weighted by atomic mass is 9.85. The molecule has 1 heterocycles. The number of hydrogen-bond acceptors (Lipinski definition) is 6. The molecule has 0 radical (unpaired) electrons. The predicted molar refractivity (Wildman–Crippen MR) is 104 cm³/mol. The number of methoxy groups -OCH3 is 1. The summed E-state index contributed by atoms with van der Waals surface area (Å²) in [6.45, 7) is 2.87. The highest BCUT2D eigenvalue weighted by Crippen LogP contribution is 2.36. The zero-order valence-electron chi connectivity index (χ0n) is 16.6. The summed E-state index contributed by atoms with van der Waals surface area (Å²) in [6, 6.07) is 5.61. The van der Waals surface area contributed by atoms with Crippen molar-refractivity contribution in [3.05, 3.63) is 36.4 Å². The van der Waals surface area contributed by atoms with Crippen molar-refractivity contribution in [3.8, 4) is 5.75 Å². The number of benzene rings is 1. The number of fused-ring (bicyclic) bond motifs is 1. The standard InChI is InChI=1S/C21H24N2O6/c1-12(23-19(25)16-6-4-5-7-17(16)20(23)26)21(27)29-13(2)18(24)22-14-8-10-15(28-3)11-9-14/h4-5,8-13,16-17H,6-7H2,1-3H3,(H,22,24)/t12-,13-,16-,17+/m0/s1. The number of esters is 1. The molecule has 1 aromatic rings. The van der Waals surface area contributed by atoms with Gasteiger partial charge in [0.25, 0.3) is 5.91 Å². The van der Waals surface area contributed by atoms with Gasteiger partial charge in [-0.2, -0.15) is 0 Å². The number of ether oxygens (including phenoxy) is 2. The lowest BCUT2D eigenvalue weighted by Gasteiger charge is -2.23. The molecule has 1 aromatic carbocycles. The number of hydrogen-bond donors (Lipinski definition) is 1. The van der Waals surface area contributed by atoms with Gasteiger partial charge in [0, 0.05) is 5.69 Å². The van der Waals surface area contributed by atoms with Crippen LogP contribution in [0.15, 0.2) is 36.4 Å². The minimum absolute atomic E-state index is 0.357. The van der Waals surface area contributed by atoms with Crippen molar-refractivity contribution >= 4 is 29.4 Å². The van der Waals surface area contributed by atoms with Crippen molar-refractivity contribution in [1.82, 2.24) is 4.90 Å². The van der Waals surface area contributed by atoms with E-state index in [1.165, 1.54) is 21.0 Å². The Labute approximate surface area is 168 Å². The maximum atomic E-state index is 12.6. The Balaban J connectivity index is 1.59. The molecule has 8 nitrogen and oxygen atoms in total. The summed E-state index contributed by atoms with van der Waals surface area (Å²) in [5.41, 5.74) is 0.522. The normalized spacial score (nSPS) is 22.7. The fraction of sp³-hybridized carbons (Fsp3) is 0.429. The molecule has 1 saturated heterocycles. The number of anilines is 1. The van der Waals surface area contributed by atoms with Gasteiger partial charge in [-0.05, 0) is 51.0 Å².